The van der Waals surface area contributed by atoms with E-state index in [4.69, 9.17) is 23.2 Å². The highest BCUT2D eigenvalue weighted by molar-refractivity contribution is 7.99. The van der Waals surface area contributed by atoms with Crippen LogP contribution in [-0.2, 0) is 21.9 Å². The molecule has 2 amide bonds. The molecule has 0 bridgehead atoms. The molecule has 2 rings (SSSR count). The van der Waals surface area contributed by atoms with E-state index in [2.05, 4.69) is 37.4 Å². The SMILES string of the molecule is CC[C@@H](C)NC(=O)[C@@H](CC)N(Cc1c(Cl)cccc1Cl)C(=O)CSCc1cc(C)cc(C)c1. The first-order valence-corrected chi connectivity index (χ1v) is 13.2. The van der Waals surface area contributed by atoms with Gasteiger partial charge in [0.2, 0.25) is 11.8 Å². The van der Waals surface area contributed by atoms with Crippen LogP contribution in [0.4, 0.5) is 0 Å². The van der Waals surface area contributed by atoms with Crippen LogP contribution in [0, 0.1) is 13.8 Å². The van der Waals surface area contributed by atoms with Gasteiger partial charge in [0.05, 0.1) is 5.75 Å². The molecule has 2 atom stereocenters. The molecular weight excluding hydrogens is 475 g/mol. The van der Waals surface area contributed by atoms with Crippen molar-refractivity contribution in [2.75, 3.05) is 5.75 Å². The van der Waals surface area contributed by atoms with E-state index in [0.29, 0.717) is 22.0 Å². The predicted octanol–water partition coefficient (Wildman–Crippen LogP) is 6.57. The van der Waals surface area contributed by atoms with Crippen LogP contribution in [0.15, 0.2) is 36.4 Å². The molecule has 0 aromatic heterocycles. The fraction of sp³-hybridized carbons (Fsp3) is 0.462. The number of rotatable bonds is 11. The Hall–Kier alpha value is -1.69. The summed E-state index contributed by atoms with van der Waals surface area (Å²) in [4.78, 5) is 28.1. The number of benzene rings is 2. The summed E-state index contributed by atoms with van der Waals surface area (Å²) in [5, 5.41) is 3.99. The maximum Gasteiger partial charge on any atom is 0.243 e. The third-order valence-corrected chi connectivity index (χ3v) is 7.25. The summed E-state index contributed by atoms with van der Waals surface area (Å²) in [7, 11) is 0. The van der Waals surface area contributed by atoms with Crippen molar-refractivity contribution in [3.63, 3.8) is 0 Å². The molecular formula is C26H34Cl2N2O2S. The number of hydrogen-bond acceptors (Lipinski definition) is 3. The number of carbonyl (C=O) groups is 2. The van der Waals surface area contributed by atoms with Gasteiger partial charge in [0.25, 0.3) is 0 Å². The Morgan fingerprint density at radius 1 is 1.03 bits per heavy atom. The van der Waals surface area contributed by atoms with Crippen molar-refractivity contribution >= 4 is 46.8 Å². The van der Waals surface area contributed by atoms with E-state index in [-0.39, 0.29) is 30.2 Å². The van der Waals surface area contributed by atoms with Crippen LogP contribution >= 0.6 is 35.0 Å². The topological polar surface area (TPSA) is 49.4 Å². The molecule has 0 radical (unpaired) electrons. The number of aryl methyl sites for hydroxylation is 2. The maximum atomic E-state index is 13.4. The van der Waals surface area contributed by atoms with Crippen LogP contribution in [0.5, 0.6) is 0 Å². The highest BCUT2D eigenvalue weighted by atomic mass is 35.5. The van der Waals surface area contributed by atoms with Gasteiger partial charge in [-0.2, -0.15) is 0 Å². The Balaban J connectivity index is 2.22. The Morgan fingerprint density at radius 2 is 1.64 bits per heavy atom. The minimum absolute atomic E-state index is 0.0336. The number of halogens is 2. The van der Waals surface area contributed by atoms with Crippen LogP contribution in [0.3, 0.4) is 0 Å². The zero-order chi connectivity index (χ0) is 24.5. The van der Waals surface area contributed by atoms with Gasteiger partial charge in [0.1, 0.15) is 6.04 Å². The van der Waals surface area contributed by atoms with Gasteiger partial charge in [0.15, 0.2) is 0 Å². The van der Waals surface area contributed by atoms with Crippen molar-refractivity contribution in [1.29, 1.82) is 0 Å². The first-order valence-electron chi connectivity index (χ1n) is 11.3. The van der Waals surface area contributed by atoms with Gasteiger partial charge >= 0.3 is 0 Å². The number of nitrogens with zero attached hydrogens (tertiary/aromatic N) is 1. The summed E-state index contributed by atoms with van der Waals surface area (Å²) >= 11 is 14.3. The maximum absolute atomic E-state index is 13.4. The van der Waals surface area contributed by atoms with Crippen molar-refractivity contribution in [3.8, 4) is 0 Å². The Labute approximate surface area is 212 Å². The summed E-state index contributed by atoms with van der Waals surface area (Å²) < 4.78 is 0. The average molecular weight is 510 g/mol. The number of nitrogens with one attached hydrogen (secondary N) is 1. The fourth-order valence-corrected chi connectivity index (χ4v) is 5.07. The third kappa shape index (κ3) is 8.24. The van der Waals surface area contributed by atoms with E-state index < -0.39 is 6.04 Å². The molecule has 7 heteroatoms. The van der Waals surface area contributed by atoms with E-state index in [1.807, 2.05) is 20.8 Å². The van der Waals surface area contributed by atoms with Crippen molar-refractivity contribution in [2.24, 2.45) is 0 Å². The second kappa shape index (κ2) is 13.3. The lowest BCUT2D eigenvalue weighted by Crippen LogP contribution is -2.51. The van der Waals surface area contributed by atoms with E-state index in [0.717, 1.165) is 12.2 Å². The molecule has 0 saturated carbocycles. The van der Waals surface area contributed by atoms with Crippen molar-refractivity contribution in [3.05, 3.63) is 68.7 Å². The molecule has 0 unspecified atom stereocenters. The first kappa shape index (κ1) is 27.6. The standard InChI is InChI=1S/C26H34Cl2N2O2S/c1-6-19(5)29-26(32)24(7-2)30(14-21-22(27)9-8-10-23(21)28)25(31)16-33-15-20-12-17(3)11-18(4)13-20/h8-13,19,24H,6-7,14-16H2,1-5H3,(H,29,32)/t19-,24-/m1/s1. The van der Waals surface area contributed by atoms with E-state index in [1.54, 1.807) is 34.9 Å². The number of carbonyl (C=O) groups excluding carboxylic acids is 2. The largest absolute Gasteiger partial charge is 0.352 e. The zero-order valence-electron chi connectivity index (χ0n) is 20.1. The minimum Gasteiger partial charge on any atom is -0.352 e. The number of hydrogen-bond donors (Lipinski definition) is 1. The van der Waals surface area contributed by atoms with E-state index in [1.165, 1.54) is 16.7 Å². The molecule has 4 nitrogen and oxygen atoms in total. The quantitative estimate of drug-likeness (QED) is 0.373. The van der Waals surface area contributed by atoms with Gasteiger partial charge in [-0.1, -0.05) is 72.4 Å². The van der Waals surface area contributed by atoms with Gasteiger partial charge in [-0.15, -0.1) is 11.8 Å². The second-order valence-electron chi connectivity index (χ2n) is 8.45. The van der Waals surface area contributed by atoms with Crippen molar-refractivity contribution < 1.29 is 9.59 Å². The van der Waals surface area contributed by atoms with Gasteiger partial charge in [-0.25, -0.2) is 0 Å². The highest BCUT2D eigenvalue weighted by Gasteiger charge is 2.30. The Morgan fingerprint density at radius 3 is 2.18 bits per heavy atom. The molecule has 2 aromatic rings. The van der Waals surface area contributed by atoms with Gasteiger partial charge in [-0.3, -0.25) is 9.59 Å². The number of amides is 2. The van der Waals surface area contributed by atoms with Crippen LogP contribution in [0.25, 0.3) is 0 Å². The number of thioether (sulfide) groups is 1. The summed E-state index contributed by atoms with van der Waals surface area (Å²) in [6.07, 6.45) is 1.32. The second-order valence-corrected chi connectivity index (χ2v) is 10.3. The molecule has 0 spiro atoms. The molecule has 0 aliphatic carbocycles. The lowest BCUT2D eigenvalue weighted by molar-refractivity contribution is -0.139. The van der Waals surface area contributed by atoms with Crippen LogP contribution in [0.2, 0.25) is 10.0 Å². The zero-order valence-corrected chi connectivity index (χ0v) is 22.4. The highest BCUT2D eigenvalue weighted by Crippen LogP contribution is 2.27. The Bertz CT molecular complexity index is 927. The lowest BCUT2D eigenvalue weighted by Gasteiger charge is -2.32. The summed E-state index contributed by atoms with van der Waals surface area (Å²) in [6.45, 7) is 10.2. The summed E-state index contributed by atoms with van der Waals surface area (Å²) in [5.74, 6) is 0.738. The molecule has 0 aliphatic rings. The molecule has 0 fully saturated rings. The molecule has 33 heavy (non-hydrogen) atoms. The molecule has 2 aromatic carbocycles. The summed E-state index contributed by atoms with van der Waals surface area (Å²) in [6, 6.07) is 11.1. The predicted molar refractivity (Wildman–Crippen MR) is 141 cm³/mol. The van der Waals surface area contributed by atoms with Crippen LogP contribution in [-0.4, -0.2) is 34.6 Å². The van der Waals surface area contributed by atoms with Gasteiger partial charge in [0, 0.05) is 33.9 Å². The van der Waals surface area contributed by atoms with Crippen molar-refractivity contribution in [1.82, 2.24) is 10.2 Å². The van der Waals surface area contributed by atoms with Gasteiger partial charge < -0.3 is 10.2 Å². The molecule has 0 saturated heterocycles. The van der Waals surface area contributed by atoms with Gasteiger partial charge in [-0.05, 0) is 51.3 Å². The first-order chi connectivity index (χ1) is 15.7. The minimum atomic E-state index is -0.597. The normalized spacial score (nSPS) is 12.8. The molecule has 180 valence electrons. The summed E-state index contributed by atoms with van der Waals surface area (Å²) in [5.41, 5.74) is 4.26. The molecule has 0 heterocycles. The fourth-order valence-electron chi connectivity index (χ4n) is 3.71. The molecule has 1 N–H and O–H groups in total. The monoisotopic (exact) mass is 508 g/mol. The van der Waals surface area contributed by atoms with Crippen molar-refractivity contribution in [2.45, 2.75) is 71.8 Å². The lowest BCUT2D eigenvalue weighted by atomic mass is 10.1. The third-order valence-electron chi connectivity index (χ3n) is 5.55. The van der Waals surface area contributed by atoms with E-state index in [9.17, 15) is 9.59 Å². The average Bonchev–Trinajstić information content (AvgIpc) is 2.74. The van der Waals surface area contributed by atoms with Crippen LogP contribution < -0.4 is 5.32 Å². The Kier molecular flexibility index (Phi) is 11.1. The molecule has 0 aliphatic heterocycles. The van der Waals surface area contributed by atoms with E-state index >= 15 is 0 Å². The van der Waals surface area contributed by atoms with Crippen LogP contribution in [0.1, 0.15) is 55.9 Å². The smallest absolute Gasteiger partial charge is 0.243 e.